The lowest BCUT2D eigenvalue weighted by atomic mass is 9.99. The van der Waals surface area contributed by atoms with E-state index in [1.54, 1.807) is 19.5 Å². The van der Waals surface area contributed by atoms with Crippen LogP contribution in [0.2, 0.25) is 0 Å². The van der Waals surface area contributed by atoms with E-state index < -0.39 is 0 Å². The molecular formula is C14H15BrN2O. The molecule has 0 amide bonds. The number of methoxy groups -OCH3 is 1. The fraction of sp³-hybridized carbons (Fsp3) is 0.214. The number of hydrogen-bond donors (Lipinski definition) is 1. The van der Waals surface area contributed by atoms with Gasteiger partial charge in [-0.1, -0.05) is 34.1 Å². The zero-order valence-electron chi connectivity index (χ0n) is 10.4. The number of pyridine rings is 1. The number of halogens is 1. The Balaban J connectivity index is 2.41. The molecule has 2 N–H and O–H groups in total. The van der Waals surface area contributed by atoms with E-state index in [1.807, 2.05) is 31.2 Å². The second kappa shape index (κ2) is 5.50. The first-order valence-corrected chi connectivity index (χ1v) is 6.42. The van der Waals surface area contributed by atoms with Crippen molar-refractivity contribution in [3.05, 3.63) is 57.8 Å². The van der Waals surface area contributed by atoms with Gasteiger partial charge in [0.05, 0.1) is 19.3 Å². The first-order valence-electron chi connectivity index (χ1n) is 5.63. The van der Waals surface area contributed by atoms with E-state index in [-0.39, 0.29) is 6.04 Å². The number of ether oxygens (including phenoxy) is 1. The summed E-state index contributed by atoms with van der Waals surface area (Å²) in [5.41, 5.74) is 9.43. The summed E-state index contributed by atoms with van der Waals surface area (Å²) in [7, 11) is 1.62. The predicted octanol–water partition coefficient (Wildman–Crippen LogP) is 3.21. The number of aryl methyl sites for hydroxylation is 1. The molecule has 1 aromatic heterocycles. The Morgan fingerprint density at radius 1 is 1.33 bits per heavy atom. The van der Waals surface area contributed by atoms with Gasteiger partial charge < -0.3 is 10.5 Å². The van der Waals surface area contributed by atoms with Crippen molar-refractivity contribution in [1.82, 2.24) is 4.98 Å². The number of nitrogens with two attached hydrogens (primary N) is 1. The van der Waals surface area contributed by atoms with E-state index in [1.165, 1.54) is 5.56 Å². The molecule has 0 aliphatic rings. The van der Waals surface area contributed by atoms with Crippen molar-refractivity contribution >= 4 is 15.9 Å². The molecule has 1 atom stereocenters. The number of nitrogens with zero attached hydrogens (tertiary/aromatic N) is 1. The lowest BCUT2D eigenvalue weighted by Crippen LogP contribution is -2.13. The molecule has 1 heterocycles. The highest BCUT2D eigenvalue weighted by Crippen LogP contribution is 2.29. The smallest absolute Gasteiger partial charge is 0.137 e. The Labute approximate surface area is 115 Å². The summed E-state index contributed by atoms with van der Waals surface area (Å²) in [6.45, 7) is 2.05. The summed E-state index contributed by atoms with van der Waals surface area (Å²) in [6.07, 6.45) is 3.43. The van der Waals surface area contributed by atoms with Crippen LogP contribution in [0.1, 0.15) is 22.7 Å². The van der Waals surface area contributed by atoms with Crippen LogP contribution in [0.3, 0.4) is 0 Å². The molecular weight excluding hydrogens is 292 g/mol. The van der Waals surface area contributed by atoms with E-state index in [4.69, 9.17) is 10.5 Å². The largest absolute Gasteiger partial charge is 0.495 e. The van der Waals surface area contributed by atoms with Gasteiger partial charge in [0.1, 0.15) is 5.75 Å². The Bertz CT molecular complexity index is 557. The fourth-order valence-electron chi connectivity index (χ4n) is 1.81. The van der Waals surface area contributed by atoms with Crippen LogP contribution in [0.15, 0.2) is 41.1 Å². The van der Waals surface area contributed by atoms with Gasteiger partial charge in [-0.15, -0.1) is 0 Å². The van der Waals surface area contributed by atoms with Crippen LogP contribution in [0.5, 0.6) is 5.75 Å². The van der Waals surface area contributed by atoms with Crippen molar-refractivity contribution in [1.29, 1.82) is 0 Å². The van der Waals surface area contributed by atoms with E-state index in [9.17, 15) is 0 Å². The lowest BCUT2D eigenvalue weighted by Gasteiger charge is -2.16. The maximum atomic E-state index is 6.28. The number of aromatic nitrogens is 1. The standard InChI is InChI=1S/C14H15BrN2O/c1-9-4-3-5-12(13(9)15)14(16)10-6-11(18-2)8-17-7-10/h3-8,14H,16H2,1-2H3. The van der Waals surface area contributed by atoms with Gasteiger partial charge in [0.25, 0.3) is 0 Å². The summed E-state index contributed by atoms with van der Waals surface area (Å²) in [5.74, 6) is 0.715. The molecule has 1 aromatic carbocycles. The minimum absolute atomic E-state index is 0.220. The first-order chi connectivity index (χ1) is 8.63. The zero-order chi connectivity index (χ0) is 13.1. The highest BCUT2D eigenvalue weighted by Gasteiger charge is 2.14. The average molecular weight is 307 g/mol. The van der Waals surface area contributed by atoms with Gasteiger partial charge in [0, 0.05) is 10.7 Å². The Morgan fingerprint density at radius 2 is 2.11 bits per heavy atom. The van der Waals surface area contributed by atoms with Gasteiger partial charge in [0.2, 0.25) is 0 Å². The summed E-state index contributed by atoms with van der Waals surface area (Å²) in [5, 5.41) is 0. The summed E-state index contributed by atoms with van der Waals surface area (Å²) >= 11 is 3.58. The molecule has 4 heteroatoms. The van der Waals surface area contributed by atoms with Crippen LogP contribution in [0, 0.1) is 6.92 Å². The Hall–Kier alpha value is -1.39. The van der Waals surface area contributed by atoms with E-state index in [0.29, 0.717) is 5.75 Å². The van der Waals surface area contributed by atoms with Crippen LogP contribution >= 0.6 is 15.9 Å². The van der Waals surface area contributed by atoms with Crippen molar-refractivity contribution in [2.24, 2.45) is 5.73 Å². The van der Waals surface area contributed by atoms with E-state index in [2.05, 4.69) is 20.9 Å². The van der Waals surface area contributed by atoms with Crippen LogP contribution in [-0.2, 0) is 0 Å². The maximum absolute atomic E-state index is 6.28. The topological polar surface area (TPSA) is 48.1 Å². The van der Waals surface area contributed by atoms with E-state index >= 15 is 0 Å². The van der Waals surface area contributed by atoms with Crippen molar-refractivity contribution < 1.29 is 4.74 Å². The monoisotopic (exact) mass is 306 g/mol. The van der Waals surface area contributed by atoms with E-state index in [0.717, 1.165) is 15.6 Å². The lowest BCUT2D eigenvalue weighted by molar-refractivity contribution is 0.412. The minimum atomic E-state index is -0.220. The summed E-state index contributed by atoms with van der Waals surface area (Å²) in [6, 6.07) is 7.75. The molecule has 0 radical (unpaired) electrons. The zero-order valence-corrected chi connectivity index (χ0v) is 11.9. The molecule has 0 aliphatic carbocycles. The van der Waals surface area contributed by atoms with Gasteiger partial charge in [0.15, 0.2) is 0 Å². The third-order valence-electron chi connectivity index (χ3n) is 2.89. The van der Waals surface area contributed by atoms with Crippen LogP contribution in [-0.4, -0.2) is 12.1 Å². The highest BCUT2D eigenvalue weighted by molar-refractivity contribution is 9.10. The molecule has 18 heavy (non-hydrogen) atoms. The number of benzene rings is 1. The van der Waals surface area contributed by atoms with Gasteiger partial charge in [-0.25, -0.2) is 0 Å². The quantitative estimate of drug-likeness (QED) is 0.947. The summed E-state index contributed by atoms with van der Waals surface area (Å²) < 4.78 is 6.21. The van der Waals surface area contributed by atoms with Crippen molar-refractivity contribution in [3.63, 3.8) is 0 Å². The third kappa shape index (κ3) is 2.54. The fourth-order valence-corrected chi connectivity index (χ4v) is 2.32. The van der Waals surface area contributed by atoms with Gasteiger partial charge in [-0.05, 0) is 29.7 Å². The van der Waals surface area contributed by atoms with Crippen LogP contribution in [0.4, 0.5) is 0 Å². The molecule has 0 bridgehead atoms. The summed E-state index contributed by atoms with van der Waals surface area (Å²) in [4.78, 5) is 4.13. The second-order valence-corrected chi connectivity index (χ2v) is 4.91. The van der Waals surface area contributed by atoms with Gasteiger partial charge in [-0.2, -0.15) is 0 Å². The van der Waals surface area contributed by atoms with Crippen LogP contribution in [0.25, 0.3) is 0 Å². The Morgan fingerprint density at radius 3 is 2.83 bits per heavy atom. The second-order valence-electron chi connectivity index (χ2n) is 4.11. The van der Waals surface area contributed by atoms with Crippen molar-refractivity contribution in [2.75, 3.05) is 7.11 Å². The molecule has 0 saturated heterocycles. The molecule has 0 spiro atoms. The predicted molar refractivity (Wildman–Crippen MR) is 75.7 cm³/mol. The highest BCUT2D eigenvalue weighted by atomic mass is 79.9. The maximum Gasteiger partial charge on any atom is 0.137 e. The molecule has 3 nitrogen and oxygen atoms in total. The van der Waals surface area contributed by atoms with Crippen molar-refractivity contribution in [3.8, 4) is 5.75 Å². The third-order valence-corrected chi connectivity index (χ3v) is 3.97. The molecule has 2 rings (SSSR count). The molecule has 0 saturated carbocycles. The van der Waals surface area contributed by atoms with Gasteiger partial charge >= 0.3 is 0 Å². The number of hydrogen-bond acceptors (Lipinski definition) is 3. The first kappa shape index (κ1) is 13.1. The van der Waals surface area contributed by atoms with Gasteiger partial charge in [-0.3, -0.25) is 4.98 Å². The minimum Gasteiger partial charge on any atom is -0.495 e. The average Bonchev–Trinajstić information content (AvgIpc) is 2.41. The molecule has 0 aliphatic heterocycles. The van der Waals surface area contributed by atoms with Crippen molar-refractivity contribution in [2.45, 2.75) is 13.0 Å². The number of rotatable bonds is 3. The normalized spacial score (nSPS) is 12.2. The molecule has 2 aromatic rings. The Kier molecular flexibility index (Phi) is 3.99. The SMILES string of the molecule is COc1cncc(C(N)c2cccc(C)c2Br)c1. The molecule has 0 fully saturated rings. The molecule has 1 unspecified atom stereocenters. The van der Waals surface area contributed by atoms with Crippen LogP contribution < -0.4 is 10.5 Å². The molecule has 94 valence electrons.